The third-order valence-corrected chi connectivity index (χ3v) is 3.68. The van der Waals surface area contributed by atoms with Crippen LogP contribution in [0.1, 0.15) is 13.8 Å². The predicted octanol–water partition coefficient (Wildman–Crippen LogP) is 1.13. The van der Waals surface area contributed by atoms with E-state index in [0.717, 1.165) is 0 Å². The number of nitrogens with one attached hydrogen (secondary N) is 1. The minimum absolute atomic E-state index is 0.107. The number of carboxylic acid groups (broad SMARTS) is 1. The van der Waals surface area contributed by atoms with Crippen molar-refractivity contribution in [2.24, 2.45) is 5.92 Å². The second-order valence-corrected chi connectivity index (χ2v) is 5.67. The number of aliphatic carboxylic acids is 1. The molecule has 0 aliphatic heterocycles. The Labute approximate surface area is 89.5 Å². The van der Waals surface area contributed by atoms with Gasteiger partial charge >= 0.3 is 13.6 Å². The Balaban J connectivity index is 4.34. The SMILES string of the molecule is COP(=O)(CNC(C(=O)O)C(C)C)OC. The Hall–Kier alpha value is -0.420. The van der Waals surface area contributed by atoms with Crippen LogP contribution < -0.4 is 5.32 Å². The van der Waals surface area contributed by atoms with Crippen molar-refractivity contribution in [2.75, 3.05) is 20.5 Å². The van der Waals surface area contributed by atoms with Crippen molar-refractivity contribution in [2.45, 2.75) is 19.9 Å². The molecular formula is C8H18NO5P. The third kappa shape index (κ3) is 4.75. The Kier molecular flexibility index (Phi) is 6.05. The lowest BCUT2D eigenvalue weighted by Gasteiger charge is -2.20. The second-order valence-electron chi connectivity index (χ2n) is 3.40. The Morgan fingerprint density at radius 2 is 1.87 bits per heavy atom. The molecule has 0 saturated carbocycles. The van der Waals surface area contributed by atoms with Crippen LogP contribution in [-0.2, 0) is 18.4 Å². The van der Waals surface area contributed by atoms with Gasteiger partial charge in [0.2, 0.25) is 0 Å². The van der Waals surface area contributed by atoms with Crippen LogP contribution in [0.5, 0.6) is 0 Å². The van der Waals surface area contributed by atoms with Crippen molar-refractivity contribution in [3.63, 3.8) is 0 Å². The first-order chi connectivity index (χ1) is 6.86. The lowest BCUT2D eigenvalue weighted by Crippen LogP contribution is -2.41. The zero-order valence-electron chi connectivity index (χ0n) is 9.39. The molecule has 0 amide bonds. The smallest absolute Gasteiger partial charge is 0.343 e. The summed E-state index contributed by atoms with van der Waals surface area (Å²) in [5.74, 6) is -1.09. The monoisotopic (exact) mass is 239 g/mol. The van der Waals surface area contributed by atoms with E-state index in [0.29, 0.717) is 0 Å². The van der Waals surface area contributed by atoms with Gasteiger partial charge in [-0.1, -0.05) is 13.8 Å². The summed E-state index contributed by atoms with van der Waals surface area (Å²) in [5.41, 5.74) is 0. The fourth-order valence-corrected chi connectivity index (χ4v) is 1.85. The van der Waals surface area contributed by atoms with Crippen LogP contribution in [0.3, 0.4) is 0 Å². The zero-order chi connectivity index (χ0) is 12.1. The van der Waals surface area contributed by atoms with Crippen molar-refractivity contribution in [1.29, 1.82) is 0 Å². The molecule has 0 aliphatic rings. The largest absolute Gasteiger partial charge is 0.480 e. The average molecular weight is 239 g/mol. The van der Waals surface area contributed by atoms with Gasteiger partial charge in [-0.25, -0.2) is 0 Å². The van der Waals surface area contributed by atoms with E-state index < -0.39 is 19.6 Å². The fraction of sp³-hybridized carbons (Fsp3) is 0.875. The quantitative estimate of drug-likeness (QED) is 0.648. The van der Waals surface area contributed by atoms with Crippen LogP contribution in [-0.4, -0.2) is 37.6 Å². The molecule has 0 saturated heterocycles. The second kappa shape index (κ2) is 6.23. The van der Waals surface area contributed by atoms with E-state index >= 15 is 0 Å². The first-order valence-corrected chi connectivity index (χ1v) is 6.26. The van der Waals surface area contributed by atoms with E-state index in [1.165, 1.54) is 14.2 Å². The average Bonchev–Trinajstić information content (AvgIpc) is 2.16. The van der Waals surface area contributed by atoms with Crippen molar-refractivity contribution in [3.05, 3.63) is 0 Å². The summed E-state index contributed by atoms with van der Waals surface area (Å²) in [5, 5.41) is 11.5. The summed E-state index contributed by atoms with van der Waals surface area (Å²) in [6.07, 6.45) is -0.116. The van der Waals surface area contributed by atoms with E-state index in [2.05, 4.69) is 14.4 Å². The molecule has 0 bridgehead atoms. The van der Waals surface area contributed by atoms with E-state index in [4.69, 9.17) is 5.11 Å². The van der Waals surface area contributed by atoms with Gasteiger partial charge in [-0.05, 0) is 5.92 Å². The van der Waals surface area contributed by atoms with Gasteiger partial charge in [-0.2, -0.15) is 0 Å². The number of rotatable bonds is 7. The molecule has 0 aromatic carbocycles. The molecule has 15 heavy (non-hydrogen) atoms. The first kappa shape index (κ1) is 14.6. The molecule has 90 valence electrons. The van der Waals surface area contributed by atoms with Crippen LogP contribution in [0.4, 0.5) is 0 Å². The van der Waals surface area contributed by atoms with Crippen LogP contribution in [0.25, 0.3) is 0 Å². The van der Waals surface area contributed by atoms with Crippen molar-refractivity contribution in [3.8, 4) is 0 Å². The molecule has 7 heteroatoms. The lowest BCUT2D eigenvalue weighted by atomic mass is 10.1. The molecule has 0 aromatic heterocycles. The van der Waals surface area contributed by atoms with Gasteiger partial charge in [0.05, 0.1) is 6.29 Å². The molecule has 0 rings (SSSR count). The van der Waals surface area contributed by atoms with Gasteiger partial charge in [0.25, 0.3) is 0 Å². The van der Waals surface area contributed by atoms with Crippen molar-refractivity contribution < 1.29 is 23.5 Å². The third-order valence-electron chi connectivity index (χ3n) is 1.99. The summed E-state index contributed by atoms with van der Waals surface area (Å²) in [4.78, 5) is 10.8. The van der Waals surface area contributed by atoms with Crippen LogP contribution in [0.15, 0.2) is 0 Å². The lowest BCUT2D eigenvalue weighted by molar-refractivity contribution is -0.140. The highest BCUT2D eigenvalue weighted by molar-refractivity contribution is 7.53. The van der Waals surface area contributed by atoms with Gasteiger partial charge in [0.15, 0.2) is 0 Å². The standard InChI is InChI=1S/C8H18NO5P/c1-6(2)7(8(10)11)9-5-15(12,13-3)14-4/h6-7,9H,5H2,1-4H3,(H,10,11). The van der Waals surface area contributed by atoms with Crippen molar-refractivity contribution in [1.82, 2.24) is 5.32 Å². The first-order valence-electron chi connectivity index (χ1n) is 4.53. The van der Waals surface area contributed by atoms with Crippen molar-refractivity contribution >= 4 is 13.6 Å². The highest BCUT2D eigenvalue weighted by Crippen LogP contribution is 2.44. The fourth-order valence-electron chi connectivity index (χ4n) is 1.02. The highest BCUT2D eigenvalue weighted by atomic mass is 31.2. The molecule has 2 N–H and O–H groups in total. The van der Waals surface area contributed by atoms with Gasteiger partial charge in [-0.15, -0.1) is 0 Å². The van der Waals surface area contributed by atoms with Gasteiger partial charge in [0, 0.05) is 14.2 Å². The Morgan fingerprint density at radius 3 is 2.13 bits per heavy atom. The molecule has 0 heterocycles. The minimum atomic E-state index is -3.19. The minimum Gasteiger partial charge on any atom is -0.480 e. The number of carbonyl (C=O) groups is 1. The molecule has 0 aromatic rings. The highest BCUT2D eigenvalue weighted by Gasteiger charge is 2.27. The summed E-state index contributed by atoms with van der Waals surface area (Å²) >= 11 is 0. The molecule has 0 radical (unpaired) electrons. The molecular weight excluding hydrogens is 221 g/mol. The molecule has 1 unspecified atom stereocenters. The van der Waals surface area contributed by atoms with Crippen LogP contribution in [0.2, 0.25) is 0 Å². The van der Waals surface area contributed by atoms with E-state index in [1.807, 2.05) is 0 Å². The van der Waals surface area contributed by atoms with E-state index in [1.54, 1.807) is 13.8 Å². The number of hydrogen-bond acceptors (Lipinski definition) is 5. The van der Waals surface area contributed by atoms with Crippen LogP contribution in [0, 0.1) is 5.92 Å². The van der Waals surface area contributed by atoms with E-state index in [9.17, 15) is 9.36 Å². The molecule has 0 fully saturated rings. The van der Waals surface area contributed by atoms with Crippen LogP contribution >= 0.6 is 7.60 Å². The maximum absolute atomic E-state index is 11.6. The normalized spacial score (nSPS) is 14.2. The molecule has 0 aliphatic carbocycles. The number of hydrogen-bond donors (Lipinski definition) is 2. The summed E-state index contributed by atoms with van der Waals surface area (Å²) in [6, 6.07) is -0.761. The van der Waals surface area contributed by atoms with Gasteiger partial charge in [-0.3, -0.25) is 14.7 Å². The predicted molar refractivity (Wildman–Crippen MR) is 55.9 cm³/mol. The van der Waals surface area contributed by atoms with Gasteiger partial charge in [0.1, 0.15) is 6.04 Å². The number of carboxylic acids is 1. The van der Waals surface area contributed by atoms with E-state index in [-0.39, 0.29) is 12.2 Å². The molecule has 6 nitrogen and oxygen atoms in total. The zero-order valence-corrected chi connectivity index (χ0v) is 10.3. The summed E-state index contributed by atoms with van der Waals surface area (Å²) < 4.78 is 20.9. The Bertz CT molecular complexity index is 247. The molecule has 1 atom stereocenters. The topological polar surface area (TPSA) is 84.9 Å². The molecule has 0 spiro atoms. The maximum Gasteiger partial charge on any atom is 0.343 e. The maximum atomic E-state index is 11.6. The Morgan fingerprint density at radius 1 is 1.40 bits per heavy atom. The van der Waals surface area contributed by atoms with Gasteiger partial charge < -0.3 is 14.2 Å². The summed E-state index contributed by atoms with van der Waals surface area (Å²) in [7, 11) is -0.667. The summed E-state index contributed by atoms with van der Waals surface area (Å²) in [6.45, 7) is 3.52.